The smallest absolute Gasteiger partial charge is 0.410 e. The number of methoxy groups -OCH3 is 1. The minimum absolute atomic E-state index is 0.0445. The summed E-state index contributed by atoms with van der Waals surface area (Å²) in [6, 6.07) is 6.29. The molecule has 0 bridgehead atoms. The van der Waals surface area contributed by atoms with Crippen LogP contribution in [0.3, 0.4) is 0 Å². The second kappa shape index (κ2) is 8.37. The molecule has 25 heavy (non-hydrogen) atoms. The Labute approximate surface area is 166 Å². The molecule has 0 spiro atoms. The molecule has 0 aliphatic carbocycles. The number of nitrogens with one attached hydrogen (secondary N) is 1. The molecule has 1 aliphatic rings. The van der Waals surface area contributed by atoms with Gasteiger partial charge in [-0.25, -0.2) is 4.79 Å². The molecule has 0 aromatic heterocycles. The van der Waals surface area contributed by atoms with E-state index in [0.717, 1.165) is 14.5 Å². The molecule has 1 N–H and O–H groups in total. The Bertz CT molecular complexity index is 619. The van der Waals surface area contributed by atoms with E-state index >= 15 is 0 Å². The fraction of sp³-hybridized carbons (Fsp3) is 0.611. The van der Waals surface area contributed by atoms with E-state index in [1.165, 1.54) is 0 Å². The van der Waals surface area contributed by atoms with E-state index in [2.05, 4.69) is 50.2 Å². The van der Waals surface area contributed by atoms with Gasteiger partial charge in [0.1, 0.15) is 5.60 Å². The highest BCUT2D eigenvalue weighted by molar-refractivity contribution is 9.11. The van der Waals surface area contributed by atoms with Gasteiger partial charge in [0.05, 0.1) is 18.7 Å². The summed E-state index contributed by atoms with van der Waals surface area (Å²) in [6.07, 6.45) is -0.361. The highest BCUT2D eigenvalue weighted by Crippen LogP contribution is 2.28. The quantitative estimate of drug-likeness (QED) is 0.693. The van der Waals surface area contributed by atoms with Crippen molar-refractivity contribution in [3.05, 3.63) is 32.7 Å². The molecule has 0 saturated carbocycles. The van der Waals surface area contributed by atoms with Gasteiger partial charge >= 0.3 is 6.09 Å². The van der Waals surface area contributed by atoms with E-state index in [-0.39, 0.29) is 24.3 Å². The molecule has 0 radical (unpaired) electrons. The standard InChI is InChI=1S/C18H26Br2N2O3/c1-11(13-7-6-12(19)8-14(13)20)21-15-9-22(10-16(15)24-5)17(23)25-18(2,3)4/h6-8,11,15-16,21H,9-10H2,1-5H3/t11?,15?,16-/m0/s1. The monoisotopic (exact) mass is 476 g/mol. The largest absolute Gasteiger partial charge is 0.444 e. The molecule has 1 fully saturated rings. The third-order valence-corrected chi connectivity index (χ3v) is 5.29. The molecular weight excluding hydrogens is 452 g/mol. The van der Waals surface area contributed by atoms with Crippen LogP contribution in [0.15, 0.2) is 27.1 Å². The predicted octanol–water partition coefficient (Wildman–Crippen LogP) is 4.50. The number of hydrogen-bond donors (Lipinski definition) is 1. The number of halogens is 2. The van der Waals surface area contributed by atoms with Gasteiger partial charge in [0.25, 0.3) is 0 Å². The summed E-state index contributed by atoms with van der Waals surface area (Å²) in [4.78, 5) is 14.0. The summed E-state index contributed by atoms with van der Waals surface area (Å²) < 4.78 is 13.1. The van der Waals surface area contributed by atoms with Crippen LogP contribution in [0.1, 0.15) is 39.3 Å². The SMILES string of the molecule is CO[C@H]1CN(C(=O)OC(C)(C)C)CC1NC(C)c1ccc(Br)cc1Br. The highest BCUT2D eigenvalue weighted by atomic mass is 79.9. The second-order valence-electron chi connectivity index (χ2n) is 7.32. The van der Waals surface area contributed by atoms with Crippen LogP contribution in [0.25, 0.3) is 0 Å². The van der Waals surface area contributed by atoms with E-state index in [4.69, 9.17) is 9.47 Å². The molecule has 2 rings (SSSR count). The number of amides is 1. The zero-order valence-electron chi connectivity index (χ0n) is 15.3. The third-order valence-electron chi connectivity index (χ3n) is 4.11. The van der Waals surface area contributed by atoms with Crippen LogP contribution in [0.4, 0.5) is 4.79 Å². The first-order valence-corrected chi connectivity index (χ1v) is 9.91. The summed E-state index contributed by atoms with van der Waals surface area (Å²) in [7, 11) is 1.68. The third kappa shape index (κ3) is 5.67. The normalized spacial score (nSPS) is 22.1. The van der Waals surface area contributed by atoms with Crippen LogP contribution in [-0.4, -0.2) is 48.9 Å². The number of nitrogens with zero attached hydrogens (tertiary/aromatic N) is 1. The summed E-state index contributed by atoms with van der Waals surface area (Å²) in [5, 5.41) is 3.58. The number of ether oxygens (including phenoxy) is 2. The molecule has 1 amide bonds. The van der Waals surface area contributed by atoms with E-state index in [1.807, 2.05) is 32.9 Å². The van der Waals surface area contributed by atoms with Gasteiger partial charge in [0.15, 0.2) is 0 Å². The van der Waals surface area contributed by atoms with Gasteiger partial charge in [-0.05, 0) is 45.4 Å². The van der Waals surface area contributed by atoms with Crippen molar-refractivity contribution >= 4 is 38.0 Å². The van der Waals surface area contributed by atoms with Gasteiger partial charge in [-0.15, -0.1) is 0 Å². The van der Waals surface area contributed by atoms with Gasteiger partial charge in [0, 0.05) is 28.6 Å². The first-order valence-electron chi connectivity index (χ1n) is 8.32. The van der Waals surface area contributed by atoms with Gasteiger partial charge in [0.2, 0.25) is 0 Å². The summed E-state index contributed by atoms with van der Waals surface area (Å²) in [5.41, 5.74) is 0.662. The van der Waals surface area contributed by atoms with Crippen LogP contribution in [0.2, 0.25) is 0 Å². The van der Waals surface area contributed by atoms with E-state index < -0.39 is 5.60 Å². The predicted molar refractivity (Wildman–Crippen MR) is 106 cm³/mol. The molecule has 1 aliphatic heterocycles. The summed E-state index contributed by atoms with van der Waals surface area (Å²) in [5.74, 6) is 0. The van der Waals surface area contributed by atoms with Crippen molar-refractivity contribution in [2.45, 2.75) is 51.5 Å². The Morgan fingerprint density at radius 2 is 2.00 bits per heavy atom. The maximum Gasteiger partial charge on any atom is 0.410 e. The highest BCUT2D eigenvalue weighted by Gasteiger charge is 2.38. The molecule has 1 heterocycles. The zero-order valence-corrected chi connectivity index (χ0v) is 18.5. The molecule has 1 aromatic rings. The van der Waals surface area contributed by atoms with Crippen molar-refractivity contribution in [1.82, 2.24) is 10.2 Å². The van der Waals surface area contributed by atoms with Crippen molar-refractivity contribution in [3.8, 4) is 0 Å². The van der Waals surface area contributed by atoms with Crippen molar-refractivity contribution in [2.24, 2.45) is 0 Å². The van der Waals surface area contributed by atoms with Gasteiger partial charge < -0.3 is 19.7 Å². The molecule has 7 heteroatoms. The Balaban J connectivity index is 2.04. The molecule has 1 saturated heterocycles. The molecule has 140 valence electrons. The van der Waals surface area contributed by atoms with Gasteiger partial charge in [-0.3, -0.25) is 0 Å². The van der Waals surface area contributed by atoms with E-state index in [9.17, 15) is 4.79 Å². The minimum atomic E-state index is -0.499. The van der Waals surface area contributed by atoms with E-state index in [0.29, 0.717) is 13.1 Å². The number of likely N-dealkylation sites (tertiary alicyclic amines) is 1. The minimum Gasteiger partial charge on any atom is -0.444 e. The number of hydrogen-bond acceptors (Lipinski definition) is 4. The van der Waals surface area contributed by atoms with Crippen LogP contribution in [0.5, 0.6) is 0 Å². The number of carbonyl (C=O) groups is 1. The average molecular weight is 478 g/mol. The number of benzene rings is 1. The van der Waals surface area contributed by atoms with Crippen molar-refractivity contribution < 1.29 is 14.3 Å². The van der Waals surface area contributed by atoms with Gasteiger partial charge in [-0.2, -0.15) is 0 Å². The molecular formula is C18H26Br2N2O3. The van der Waals surface area contributed by atoms with Crippen LogP contribution in [-0.2, 0) is 9.47 Å². The Morgan fingerprint density at radius 3 is 2.56 bits per heavy atom. The summed E-state index contributed by atoms with van der Waals surface area (Å²) >= 11 is 7.09. The van der Waals surface area contributed by atoms with Crippen molar-refractivity contribution in [2.75, 3.05) is 20.2 Å². The molecule has 3 atom stereocenters. The maximum absolute atomic E-state index is 12.3. The number of rotatable bonds is 4. The second-order valence-corrected chi connectivity index (χ2v) is 9.09. The fourth-order valence-electron chi connectivity index (χ4n) is 2.91. The van der Waals surface area contributed by atoms with Crippen LogP contribution >= 0.6 is 31.9 Å². The molecule has 2 unspecified atom stereocenters. The average Bonchev–Trinajstić information content (AvgIpc) is 2.88. The first kappa shape index (κ1) is 20.7. The lowest BCUT2D eigenvalue weighted by atomic mass is 10.1. The zero-order chi connectivity index (χ0) is 18.8. The topological polar surface area (TPSA) is 50.8 Å². The van der Waals surface area contributed by atoms with Gasteiger partial charge in [-0.1, -0.05) is 37.9 Å². The lowest BCUT2D eigenvalue weighted by Crippen LogP contribution is -2.42. The fourth-order valence-corrected chi connectivity index (χ4v) is 4.30. The van der Waals surface area contributed by atoms with Crippen LogP contribution < -0.4 is 5.32 Å². The number of carbonyl (C=O) groups excluding carboxylic acids is 1. The maximum atomic E-state index is 12.3. The lowest BCUT2D eigenvalue weighted by molar-refractivity contribution is 0.0252. The van der Waals surface area contributed by atoms with Crippen molar-refractivity contribution in [3.63, 3.8) is 0 Å². The summed E-state index contributed by atoms with van der Waals surface area (Å²) in [6.45, 7) is 8.81. The van der Waals surface area contributed by atoms with E-state index in [1.54, 1.807) is 12.0 Å². The molecule has 5 nitrogen and oxygen atoms in total. The Morgan fingerprint density at radius 1 is 1.32 bits per heavy atom. The molecule has 1 aromatic carbocycles. The Kier molecular flexibility index (Phi) is 6.93. The first-order chi connectivity index (χ1) is 11.6. The lowest BCUT2D eigenvalue weighted by Gasteiger charge is -2.25. The Hall–Kier alpha value is -0.630. The van der Waals surface area contributed by atoms with Crippen molar-refractivity contribution in [1.29, 1.82) is 0 Å². The van der Waals surface area contributed by atoms with Crippen LogP contribution in [0, 0.1) is 0 Å².